The Morgan fingerprint density at radius 2 is 1.53 bits per heavy atom. The second-order valence-corrected chi connectivity index (χ2v) is 9.26. The summed E-state index contributed by atoms with van der Waals surface area (Å²) in [7, 11) is 0. The predicted molar refractivity (Wildman–Crippen MR) is 138 cm³/mol. The fourth-order valence-electron chi connectivity index (χ4n) is 4.83. The number of likely N-dealkylation sites (tertiary alicyclic amines) is 1. The zero-order chi connectivity index (χ0) is 24.7. The highest BCUT2D eigenvalue weighted by molar-refractivity contribution is 5.84. The molecule has 1 amide bonds. The number of carbonyl (C=O) groups excluding carboxylic acids is 1. The summed E-state index contributed by atoms with van der Waals surface area (Å²) in [4.78, 5) is 22.2. The first-order valence-electron chi connectivity index (χ1n) is 12.3. The summed E-state index contributed by atoms with van der Waals surface area (Å²) in [6, 6.07) is 30.1. The van der Waals surface area contributed by atoms with Gasteiger partial charge in [0.05, 0.1) is 29.7 Å². The van der Waals surface area contributed by atoms with Crippen LogP contribution in [0.15, 0.2) is 97.5 Å². The van der Waals surface area contributed by atoms with Crippen LogP contribution in [0.5, 0.6) is 0 Å². The van der Waals surface area contributed by atoms with Crippen molar-refractivity contribution in [2.45, 2.75) is 38.6 Å². The Hall–Kier alpha value is -4.21. The molecule has 0 aliphatic carbocycles. The lowest BCUT2D eigenvalue weighted by atomic mass is 10.1. The Bertz CT molecular complexity index is 1330. The van der Waals surface area contributed by atoms with Crippen LogP contribution in [0.3, 0.4) is 0 Å². The monoisotopic (exact) mass is 475 g/mol. The third-order valence-electron chi connectivity index (χ3n) is 6.75. The largest absolute Gasteiger partial charge is 0.337 e. The minimum atomic E-state index is -0.174. The van der Waals surface area contributed by atoms with E-state index in [0.29, 0.717) is 31.7 Å². The number of hydrogen-bond acceptors (Lipinski definition) is 4. The van der Waals surface area contributed by atoms with E-state index in [9.17, 15) is 4.79 Å². The van der Waals surface area contributed by atoms with E-state index in [1.807, 2.05) is 78.1 Å². The van der Waals surface area contributed by atoms with Gasteiger partial charge < -0.3 is 9.47 Å². The Morgan fingerprint density at radius 3 is 2.22 bits per heavy atom. The second kappa shape index (κ2) is 11.0. The van der Waals surface area contributed by atoms with E-state index < -0.39 is 0 Å². The molecule has 5 rings (SSSR count). The Kier molecular flexibility index (Phi) is 7.20. The van der Waals surface area contributed by atoms with Crippen LogP contribution in [0.25, 0.3) is 0 Å². The minimum absolute atomic E-state index is 0.174. The summed E-state index contributed by atoms with van der Waals surface area (Å²) in [6.07, 6.45) is 4.54. The van der Waals surface area contributed by atoms with E-state index in [-0.39, 0.29) is 11.9 Å². The molecule has 3 aromatic carbocycles. The van der Waals surface area contributed by atoms with Crippen LogP contribution in [0.4, 0.5) is 0 Å². The van der Waals surface area contributed by atoms with Gasteiger partial charge in [0.25, 0.3) is 0 Å². The van der Waals surface area contributed by atoms with Crippen molar-refractivity contribution in [1.29, 1.82) is 5.26 Å². The van der Waals surface area contributed by atoms with Gasteiger partial charge in [-0.3, -0.25) is 9.69 Å². The third-order valence-corrected chi connectivity index (χ3v) is 6.75. The number of carbonyl (C=O) groups is 1. The van der Waals surface area contributed by atoms with Crippen molar-refractivity contribution >= 4 is 5.91 Å². The first-order chi connectivity index (χ1) is 17.7. The van der Waals surface area contributed by atoms with Crippen LogP contribution in [0, 0.1) is 11.3 Å². The van der Waals surface area contributed by atoms with Crippen molar-refractivity contribution in [3.63, 3.8) is 0 Å². The number of amides is 1. The maximum atomic E-state index is 13.5. The molecular formula is C30H29N5O. The number of hydrogen-bond donors (Lipinski definition) is 0. The summed E-state index contributed by atoms with van der Waals surface area (Å²) in [5.41, 5.74) is 5.16. The minimum Gasteiger partial charge on any atom is -0.337 e. The molecule has 0 spiro atoms. The molecule has 1 aliphatic rings. The molecule has 1 unspecified atom stereocenters. The molecule has 1 atom stereocenters. The van der Waals surface area contributed by atoms with Gasteiger partial charge in [-0.15, -0.1) is 0 Å². The number of imidazole rings is 1. The van der Waals surface area contributed by atoms with Crippen molar-refractivity contribution in [3.05, 3.63) is 125 Å². The van der Waals surface area contributed by atoms with Gasteiger partial charge in [0.15, 0.2) is 0 Å². The molecule has 1 saturated heterocycles. The SMILES string of the molecule is N#Cc1ccc(Cn2cncc2CN(Cc2ccccc2)C2CCN(Cc3ccccc3)C2=O)cc1. The van der Waals surface area contributed by atoms with Crippen molar-refractivity contribution in [3.8, 4) is 6.07 Å². The normalized spacial score (nSPS) is 15.4. The molecule has 6 heteroatoms. The Balaban J connectivity index is 1.35. The number of nitriles is 1. The lowest BCUT2D eigenvalue weighted by molar-refractivity contribution is -0.133. The van der Waals surface area contributed by atoms with E-state index in [1.165, 1.54) is 5.56 Å². The van der Waals surface area contributed by atoms with Crippen molar-refractivity contribution in [2.75, 3.05) is 6.54 Å². The van der Waals surface area contributed by atoms with Crippen LogP contribution in [0.2, 0.25) is 0 Å². The molecule has 36 heavy (non-hydrogen) atoms. The molecule has 180 valence electrons. The maximum absolute atomic E-state index is 13.5. The summed E-state index contributed by atoms with van der Waals surface area (Å²) >= 11 is 0. The van der Waals surface area contributed by atoms with E-state index in [2.05, 4.69) is 44.8 Å². The quantitative estimate of drug-likeness (QED) is 0.355. The van der Waals surface area contributed by atoms with E-state index in [0.717, 1.165) is 29.8 Å². The molecule has 2 heterocycles. The molecule has 6 nitrogen and oxygen atoms in total. The summed E-state index contributed by atoms with van der Waals surface area (Å²) in [6.45, 7) is 3.39. The number of rotatable bonds is 9. The molecule has 0 N–H and O–H groups in total. The van der Waals surface area contributed by atoms with Crippen LogP contribution >= 0.6 is 0 Å². The topological polar surface area (TPSA) is 65.2 Å². The van der Waals surface area contributed by atoms with Gasteiger partial charge >= 0.3 is 0 Å². The molecule has 0 saturated carbocycles. The van der Waals surface area contributed by atoms with Crippen LogP contribution in [-0.2, 0) is 31.0 Å². The average molecular weight is 476 g/mol. The standard InChI is InChI=1S/C30H29N5O/c31-17-24-11-13-27(14-12-24)21-35-23-32-18-28(35)22-34(20-26-9-5-2-6-10-26)29-15-16-33(30(29)36)19-25-7-3-1-4-8-25/h1-14,18,23,29H,15-16,19-22H2. The molecule has 1 aromatic heterocycles. The zero-order valence-electron chi connectivity index (χ0n) is 20.2. The summed E-state index contributed by atoms with van der Waals surface area (Å²) in [5.74, 6) is 0.188. The van der Waals surface area contributed by atoms with Gasteiger partial charge in [-0.25, -0.2) is 4.98 Å². The van der Waals surface area contributed by atoms with Gasteiger partial charge in [-0.05, 0) is 35.2 Å². The van der Waals surface area contributed by atoms with Gasteiger partial charge in [0.2, 0.25) is 5.91 Å². The highest BCUT2D eigenvalue weighted by atomic mass is 16.2. The summed E-state index contributed by atoms with van der Waals surface area (Å²) in [5, 5.41) is 9.07. The van der Waals surface area contributed by atoms with Gasteiger partial charge in [0.1, 0.15) is 0 Å². The first kappa shape index (κ1) is 23.5. The number of aromatic nitrogens is 2. The predicted octanol–water partition coefficient (Wildman–Crippen LogP) is 4.61. The fourth-order valence-corrected chi connectivity index (χ4v) is 4.83. The van der Waals surface area contributed by atoms with Crippen LogP contribution in [0.1, 0.15) is 34.4 Å². The Morgan fingerprint density at radius 1 is 0.861 bits per heavy atom. The fraction of sp³-hybridized carbons (Fsp3) is 0.233. The van der Waals surface area contributed by atoms with Crippen LogP contribution in [-0.4, -0.2) is 37.8 Å². The smallest absolute Gasteiger partial charge is 0.240 e. The zero-order valence-corrected chi connectivity index (χ0v) is 20.2. The second-order valence-electron chi connectivity index (χ2n) is 9.26. The number of nitrogens with zero attached hydrogens (tertiary/aromatic N) is 5. The lowest BCUT2D eigenvalue weighted by Gasteiger charge is -2.28. The highest BCUT2D eigenvalue weighted by Gasteiger charge is 2.36. The molecule has 0 bridgehead atoms. The van der Waals surface area contributed by atoms with Gasteiger partial charge in [0, 0.05) is 38.9 Å². The lowest BCUT2D eigenvalue weighted by Crippen LogP contribution is -2.41. The van der Waals surface area contributed by atoms with Crippen molar-refractivity contribution in [2.24, 2.45) is 0 Å². The van der Waals surface area contributed by atoms with E-state index in [1.54, 1.807) is 0 Å². The van der Waals surface area contributed by atoms with Crippen molar-refractivity contribution < 1.29 is 4.79 Å². The maximum Gasteiger partial charge on any atom is 0.240 e. The first-order valence-corrected chi connectivity index (χ1v) is 12.3. The molecule has 1 aliphatic heterocycles. The Labute approximate surface area is 212 Å². The molecular weight excluding hydrogens is 446 g/mol. The molecule has 1 fully saturated rings. The van der Waals surface area contributed by atoms with E-state index >= 15 is 0 Å². The van der Waals surface area contributed by atoms with Gasteiger partial charge in [-0.2, -0.15) is 5.26 Å². The van der Waals surface area contributed by atoms with E-state index in [4.69, 9.17) is 5.26 Å². The highest BCUT2D eigenvalue weighted by Crippen LogP contribution is 2.24. The third kappa shape index (κ3) is 5.54. The molecule has 4 aromatic rings. The van der Waals surface area contributed by atoms with Crippen molar-refractivity contribution in [1.82, 2.24) is 19.4 Å². The van der Waals surface area contributed by atoms with Gasteiger partial charge in [-0.1, -0.05) is 72.8 Å². The van der Waals surface area contributed by atoms with Crippen LogP contribution < -0.4 is 0 Å². The molecule has 0 radical (unpaired) electrons. The summed E-state index contributed by atoms with van der Waals surface area (Å²) < 4.78 is 2.13. The number of benzene rings is 3. The average Bonchev–Trinajstić information content (AvgIpc) is 3.51.